The molecule has 0 aliphatic rings. The van der Waals surface area contributed by atoms with E-state index in [1.165, 1.54) is 18.2 Å². The monoisotopic (exact) mass is 303 g/mol. The maximum Gasteiger partial charge on any atom is 0.282 e. The first-order chi connectivity index (χ1) is 10.4. The maximum atomic E-state index is 12.1. The largest absolute Gasteiger partial charge is 0.506 e. The average Bonchev–Trinajstić information content (AvgIpc) is 2.49. The van der Waals surface area contributed by atoms with Gasteiger partial charge in [0.15, 0.2) is 0 Å². The Hall–Kier alpha value is -3.49. The van der Waals surface area contributed by atoms with Crippen LogP contribution in [0.3, 0.4) is 0 Å². The summed E-state index contributed by atoms with van der Waals surface area (Å²) in [6.07, 6.45) is 0. The van der Waals surface area contributed by atoms with E-state index < -0.39 is 27.2 Å². The summed E-state index contributed by atoms with van der Waals surface area (Å²) in [6.45, 7) is 0. The summed E-state index contributed by atoms with van der Waals surface area (Å²) < 4.78 is 0. The Morgan fingerprint density at radius 1 is 1.05 bits per heavy atom. The zero-order chi connectivity index (χ0) is 16.3. The number of nitro groups is 2. The lowest BCUT2D eigenvalue weighted by atomic mass is 10.1. The molecule has 0 atom stereocenters. The first-order valence-electron chi connectivity index (χ1n) is 5.92. The summed E-state index contributed by atoms with van der Waals surface area (Å²) in [5.41, 5.74) is -1.18. The van der Waals surface area contributed by atoms with Crippen molar-refractivity contribution in [2.45, 2.75) is 0 Å². The SMILES string of the molecule is O=C(Nc1cc([N+](=O)[O-])ccc1O)c1ccccc1[N+](=O)[O-]. The van der Waals surface area contributed by atoms with Gasteiger partial charge in [0.2, 0.25) is 0 Å². The number of amides is 1. The fourth-order valence-electron chi connectivity index (χ4n) is 1.75. The fourth-order valence-corrected chi connectivity index (χ4v) is 1.75. The number of aromatic hydroxyl groups is 1. The number of rotatable bonds is 4. The van der Waals surface area contributed by atoms with Crippen LogP contribution in [-0.4, -0.2) is 20.9 Å². The van der Waals surface area contributed by atoms with Gasteiger partial charge in [-0.2, -0.15) is 0 Å². The number of phenols is 1. The lowest BCUT2D eigenvalue weighted by molar-refractivity contribution is -0.385. The van der Waals surface area contributed by atoms with Crippen molar-refractivity contribution in [3.8, 4) is 5.75 Å². The van der Waals surface area contributed by atoms with E-state index in [9.17, 15) is 30.1 Å². The standard InChI is InChI=1S/C13H9N3O6/c17-12-6-5-8(15(19)20)7-10(12)14-13(18)9-3-1-2-4-11(9)16(21)22/h1-7,17H,(H,14,18). The van der Waals surface area contributed by atoms with Gasteiger partial charge in [0, 0.05) is 18.2 Å². The minimum absolute atomic E-state index is 0.211. The van der Waals surface area contributed by atoms with Crippen LogP contribution in [0.1, 0.15) is 10.4 Å². The Morgan fingerprint density at radius 2 is 1.73 bits per heavy atom. The molecular formula is C13H9N3O6. The second kappa shape index (κ2) is 5.87. The van der Waals surface area contributed by atoms with Crippen molar-refractivity contribution < 1.29 is 19.7 Å². The molecule has 2 N–H and O–H groups in total. The van der Waals surface area contributed by atoms with Gasteiger partial charge in [-0.25, -0.2) is 0 Å². The van der Waals surface area contributed by atoms with Crippen molar-refractivity contribution in [2.24, 2.45) is 0 Å². The number of non-ortho nitro benzene ring substituents is 1. The van der Waals surface area contributed by atoms with E-state index in [-0.39, 0.29) is 16.9 Å². The Morgan fingerprint density at radius 3 is 2.36 bits per heavy atom. The van der Waals surface area contributed by atoms with Crippen LogP contribution >= 0.6 is 0 Å². The Bertz CT molecular complexity index is 774. The average molecular weight is 303 g/mol. The van der Waals surface area contributed by atoms with Crippen LogP contribution in [0.4, 0.5) is 17.1 Å². The highest BCUT2D eigenvalue weighted by Crippen LogP contribution is 2.29. The second-order valence-corrected chi connectivity index (χ2v) is 4.19. The van der Waals surface area contributed by atoms with Gasteiger partial charge in [-0.05, 0) is 12.1 Å². The summed E-state index contributed by atoms with van der Waals surface area (Å²) in [5.74, 6) is -1.25. The molecule has 0 saturated carbocycles. The molecule has 0 heterocycles. The predicted octanol–water partition coefficient (Wildman–Crippen LogP) is 2.46. The molecule has 112 valence electrons. The van der Waals surface area contributed by atoms with Crippen molar-refractivity contribution in [3.05, 3.63) is 68.3 Å². The van der Waals surface area contributed by atoms with Crippen molar-refractivity contribution in [2.75, 3.05) is 5.32 Å². The quantitative estimate of drug-likeness (QED) is 0.506. The van der Waals surface area contributed by atoms with E-state index in [1.807, 2.05) is 0 Å². The zero-order valence-electron chi connectivity index (χ0n) is 10.9. The molecular weight excluding hydrogens is 294 g/mol. The van der Waals surface area contributed by atoms with Gasteiger partial charge in [0.05, 0.1) is 15.5 Å². The molecule has 0 bridgehead atoms. The van der Waals surface area contributed by atoms with Crippen molar-refractivity contribution in [1.82, 2.24) is 0 Å². The Balaban J connectivity index is 2.36. The summed E-state index contributed by atoms with van der Waals surface area (Å²) in [7, 11) is 0. The molecule has 0 radical (unpaired) electrons. The van der Waals surface area contributed by atoms with Crippen molar-refractivity contribution in [1.29, 1.82) is 0 Å². The molecule has 2 aromatic carbocycles. The highest BCUT2D eigenvalue weighted by molar-refractivity contribution is 6.07. The number of para-hydroxylation sites is 1. The summed E-state index contributed by atoms with van der Waals surface area (Å²) in [6, 6.07) is 8.31. The summed E-state index contributed by atoms with van der Waals surface area (Å²) in [4.78, 5) is 32.2. The predicted molar refractivity (Wildman–Crippen MR) is 75.8 cm³/mol. The topological polar surface area (TPSA) is 136 Å². The van der Waals surface area contributed by atoms with Crippen LogP contribution in [0, 0.1) is 20.2 Å². The van der Waals surface area contributed by atoms with Crippen molar-refractivity contribution in [3.63, 3.8) is 0 Å². The molecule has 0 aromatic heterocycles. The van der Waals surface area contributed by atoms with Gasteiger partial charge in [0.1, 0.15) is 11.3 Å². The van der Waals surface area contributed by atoms with E-state index in [4.69, 9.17) is 0 Å². The second-order valence-electron chi connectivity index (χ2n) is 4.19. The third-order valence-electron chi connectivity index (χ3n) is 2.78. The van der Waals surface area contributed by atoms with Crippen molar-refractivity contribution >= 4 is 23.0 Å². The smallest absolute Gasteiger partial charge is 0.282 e. The lowest BCUT2D eigenvalue weighted by Crippen LogP contribution is -2.14. The number of nitrogens with zero attached hydrogens (tertiary/aromatic N) is 2. The molecule has 9 heteroatoms. The number of anilines is 1. The number of nitrogens with one attached hydrogen (secondary N) is 1. The number of benzene rings is 2. The number of phenolic OH excluding ortho intramolecular Hbond substituents is 1. The number of hydrogen-bond donors (Lipinski definition) is 2. The van der Waals surface area contributed by atoms with Crippen LogP contribution in [0.15, 0.2) is 42.5 Å². The van der Waals surface area contributed by atoms with Crippen LogP contribution in [-0.2, 0) is 0 Å². The normalized spacial score (nSPS) is 10.0. The van der Waals surface area contributed by atoms with Crippen LogP contribution in [0.25, 0.3) is 0 Å². The molecule has 1 amide bonds. The molecule has 2 rings (SSSR count). The van der Waals surface area contributed by atoms with E-state index in [0.717, 1.165) is 24.3 Å². The zero-order valence-corrected chi connectivity index (χ0v) is 10.9. The van der Waals surface area contributed by atoms with E-state index in [1.54, 1.807) is 0 Å². The molecule has 0 aliphatic heterocycles. The van der Waals surface area contributed by atoms with Crippen LogP contribution in [0.2, 0.25) is 0 Å². The minimum atomic E-state index is -0.858. The molecule has 0 spiro atoms. The highest BCUT2D eigenvalue weighted by atomic mass is 16.6. The first-order valence-corrected chi connectivity index (χ1v) is 5.92. The Kier molecular flexibility index (Phi) is 3.98. The molecule has 0 fully saturated rings. The molecule has 22 heavy (non-hydrogen) atoms. The summed E-state index contributed by atoms with van der Waals surface area (Å²) in [5, 5.41) is 33.4. The molecule has 2 aromatic rings. The van der Waals surface area contributed by atoms with Gasteiger partial charge in [-0.3, -0.25) is 25.0 Å². The third-order valence-corrected chi connectivity index (χ3v) is 2.78. The number of carbonyl (C=O) groups is 1. The molecule has 0 unspecified atom stereocenters. The minimum Gasteiger partial charge on any atom is -0.506 e. The maximum absolute atomic E-state index is 12.1. The van der Waals surface area contributed by atoms with Gasteiger partial charge in [0.25, 0.3) is 17.3 Å². The van der Waals surface area contributed by atoms with Gasteiger partial charge >= 0.3 is 0 Å². The number of hydrogen-bond acceptors (Lipinski definition) is 6. The Labute approximate surface area is 123 Å². The van der Waals surface area contributed by atoms with E-state index in [2.05, 4.69) is 5.32 Å². The fraction of sp³-hybridized carbons (Fsp3) is 0. The number of nitro benzene ring substituents is 2. The van der Waals surface area contributed by atoms with Crippen LogP contribution < -0.4 is 5.32 Å². The van der Waals surface area contributed by atoms with Gasteiger partial charge in [-0.1, -0.05) is 12.1 Å². The third kappa shape index (κ3) is 2.98. The first kappa shape index (κ1) is 14.9. The van der Waals surface area contributed by atoms with E-state index >= 15 is 0 Å². The summed E-state index contributed by atoms with van der Waals surface area (Å²) >= 11 is 0. The number of carbonyl (C=O) groups excluding carboxylic acids is 1. The highest BCUT2D eigenvalue weighted by Gasteiger charge is 2.21. The molecule has 0 aliphatic carbocycles. The van der Waals surface area contributed by atoms with Gasteiger partial charge < -0.3 is 10.4 Å². The van der Waals surface area contributed by atoms with Crippen LogP contribution in [0.5, 0.6) is 5.75 Å². The lowest BCUT2D eigenvalue weighted by Gasteiger charge is -2.07. The van der Waals surface area contributed by atoms with Gasteiger partial charge in [-0.15, -0.1) is 0 Å². The van der Waals surface area contributed by atoms with E-state index in [0.29, 0.717) is 0 Å². The molecule has 9 nitrogen and oxygen atoms in total. The molecule has 0 saturated heterocycles.